The second-order valence-corrected chi connectivity index (χ2v) is 9.69. The van der Waals surface area contributed by atoms with Gasteiger partial charge < -0.3 is 15.1 Å². The monoisotopic (exact) mass is 481 g/mol. The summed E-state index contributed by atoms with van der Waals surface area (Å²) in [6, 6.07) is 24.6. The molecule has 36 heavy (non-hydrogen) atoms. The highest BCUT2D eigenvalue weighted by Gasteiger charge is 2.41. The largest absolute Gasteiger partial charge is 0.350 e. The Labute approximate surface area is 211 Å². The van der Waals surface area contributed by atoms with Gasteiger partial charge in [-0.3, -0.25) is 14.4 Å². The third-order valence-electron chi connectivity index (χ3n) is 7.13. The van der Waals surface area contributed by atoms with Crippen LogP contribution in [0.25, 0.3) is 0 Å². The van der Waals surface area contributed by atoms with Gasteiger partial charge in [-0.1, -0.05) is 54.6 Å². The number of nitrogens with one attached hydrogen (secondary N) is 1. The van der Waals surface area contributed by atoms with Crippen LogP contribution in [0.2, 0.25) is 0 Å². The SMILES string of the molecule is CC(CCc1ccccc1)NC(=O)c1ccc(CN2C(=O)C3CCCN3C(=O)c3ccccc32)cc1. The molecule has 3 aromatic carbocycles. The number of carbonyl (C=O) groups excluding carboxylic acids is 3. The maximum atomic E-state index is 13.5. The van der Waals surface area contributed by atoms with Crippen LogP contribution in [0.4, 0.5) is 5.69 Å². The third kappa shape index (κ3) is 4.89. The Morgan fingerprint density at radius 1 is 0.944 bits per heavy atom. The molecule has 3 aromatic rings. The number of amides is 3. The molecule has 0 spiro atoms. The van der Waals surface area contributed by atoms with Crippen LogP contribution in [0, 0.1) is 0 Å². The van der Waals surface area contributed by atoms with Gasteiger partial charge in [-0.2, -0.15) is 0 Å². The molecule has 5 rings (SSSR count). The quantitative estimate of drug-likeness (QED) is 0.537. The van der Waals surface area contributed by atoms with Gasteiger partial charge in [0.1, 0.15) is 6.04 Å². The predicted octanol–water partition coefficient (Wildman–Crippen LogP) is 4.59. The highest BCUT2D eigenvalue weighted by atomic mass is 16.2. The lowest BCUT2D eigenvalue weighted by Gasteiger charge is -2.26. The summed E-state index contributed by atoms with van der Waals surface area (Å²) in [7, 11) is 0. The van der Waals surface area contributed by atoms with Crippen LogP contribution < -0.4 is 10.2 Å². The van der Waals surface area contributed by atoms with E-state index >= 15 is 0 Å². The molecule has 0 aliphatic carbocycles. The molecule has 1 N–H and O–H groups in total. The Morgan fingerprint density at radius 2 is 1.67 bits per heavy atom. The van der Waals surface area contributed by atoms with Crippen LogP contribution in [-0.4, -0.2) is 41.2 Å². The molecular weight excluding hydrogens is 450 g/mol. The van der Waals surface area contributed by atoms with Crippen LogP contribution in [0.5, 0.6) is 0 Å². The standard InChI is InChI=1S/C30H31N3O3/c1-21(13-14-22-8-3-2-4-9-22)31-28(34)24-17-15-23(16-18-24)20-33-26-11-6-5-10-25(26)29(35)32-19-7-12-27(32)30(33)36/h2-6,8-11,15-18,21,27H,7,12-14,19-20H2,1H3,(H,31,34). The van der Waals surface area contributed by atoms with Crippen LogP contribution >= 0.6 is 0 Å². The van der Waals surface area contributed by atoms with Gasteiger partial charge in [0, 0.05) is 18.2 Å². The van der Waals surface area contributed by atoms with Crippen molar-refractivity contribution in [1.82, 2.24) is 10.2 Å². The molecule has 2 aliphatic heterocycles. The van der Waals surface area contributed by atoms with Crippen molar-refractivity contribution in [3.8, 4) is 0 Å². The van der Waals surface area contributed by atoms with Crippen molar-refractivity contribution in [2.45, 2.75) is 51.2 Å². The minimum absolute atomic E-state index is 0.0418. The number of fused-ring (bicyclic) bond motifs is 2. The molecule has 2 atom stereocenters. The molecule has 0 bridgehead atoms. The van der Waals surface area contributed by atoms with Crippen molar-refractivity contribution in [2.24, 2.45) is 0 Å². The van der Waals surface area contributed by atoms with Crippen LogP contribution in [0.15, 0.2) is 78.9 Å². The fraction of sp³-hybridized carbons (Fsp3) is 0.300. The lowest BCUT2D eigenvalue weighted by Crippen LogP contribution is -2.44. The van der Waals surface area contributed by atoms with E-state index in [1.807, 2.05) is 55.5 Å². The van der Waals surface area contributed by atoms with Crippen LogP contribution in [0.1, 0.15) is 58.0 Å². The van der Waals surface area contributed by atoms with Crippen molar-refractivity contribution < 1.29 is 14.4 Å². The van der Waals surface area contributed by atoms with E-state index in [0.717, 1.165) is 24.8 Å². The van der Waals surface area contributed by atoms with E-state index in [2.05, 4.69) is 17.4 Å². The molecule has 184 valence electrons. The average Bonchev–Trinajstić information content (AvgIpc) is 3.38. The lowest BCUT2D eigenvalue weighted by atomic mass is 10.1. The molecule has 2 heterocycles. The molecule has 6 nitrogen and oxygen atoms in total. The maximum Gasteiger partial charge on any atom is 0.256 e. The summed E-state index contributed by atoms with van der Waals surface area (Å²) in [4.78, 5) is 42.8. The molecule has 2 unspecified atom stereocenters. The molecule has 0 aromatic heterocycles. The lowest BCUT2D eigenvalue weighted by molar-refractivity contribution is -0.122. The van der Waals surface area contributed by atoms with E-state index in [0.29, 0.717) is 36.3 Å². The summed E-state index contributed by atoms with van der Waals surface area (Å²) in [5.41, 5.74) is 3.97. The maximum absolute atomic E-state index is 13.5. The number of hydrogen-bond donors (Lipinski definition) is 1. The Hall–Kier alpha value is -3.93. The van der Waals surface area contributed by atoms with Crippen LogP contribution in [0.3, 0.4) is 0 Å². The van der Waals surface area contributed by atoms with E-state index in [1.54, 1.807) is 28.0 Å². The molecule has 2 aliphatic rings. The first-order chi connectivity index (χ1) is 17.5. The molecular formula is C30H31N3O3. The molecule has 1 saturated heterocycles. The molecule has 6 heteroatoms. The fourth-order valence-corrected chi connectivity index (χ4v) is 5.12. The Balaban J connectivity index is 1.26. The summed E-state index contributed by atoms with van der Waals surface area (Å²) in [6.07, 6.45) is 3.30. The number of anilines is 1. The number of aryl methyl sites for hydroxylation is 1. The van der Waals surface area contributed by atoms with Gasteiger partial charge in [-0.15, -0.1) is 0 Å². The van der Waals surface area contributed by atoms with E-state index in [1.165, 1.54) is 5.56 Å². The number of carbonyl (C=O) groups is 3. The van der Waals surface area contributed by atoms with E-state index in [9.17, 15) is 14.4 Å². The van der Waals surface area contributed by atoms with Crippen molar-refractivity contribution in [3.63, 3.8) is 0 Å². The number of rotatable bonds is 7. The van der Waals surface area contributed by atoms with Gasteiger partial charge in [0.15, 0.2) is 0 Å². The van der Waals surface area contributed by atoms with E-state index < -0.39 is 6.04 Å². The minimum atomic E-state index is -0.410. The topological polar surface area (TPSA) is 69.7 Å². The highest BCUT2D eigenvalue weighted by molar-refractivity contribution is 6.11. The highest BCUT2D eigenvalue weighted by Crippen LogP contribution is 2.33. The minimum Gasteiger partial charge on any atom is -0.350 e. The molecule has 3 amide bonds. The van der Waals surface area contributed by atoms with Gasteiger partial charge in [-0.05, 0) is 68.0 Å². The summed E-state index contributed by atoms with van der Waals surface area (Å²) >= 11 is 0. The zero-order valence-electron chi connectivity index (χ0n) is 20.5. The Bertz CT molecular complexity index is 1260. The third-order valence-corrected chi connectivity index (χ3v) is 7.13. The summed E-state index contributed by atoms with van der Waals surface area (Å²) in [6.45, 7) is 2.99. The van der Waals surface area contributed by atoms with Crippen molar-refractivity contribution in [3.05, 3.63) is 101 Å². The number of hydrogen-bond acceptors (Lipinski definition) is 3. The first-order valence-electron chi connectivity index (χ1n) is 12.7. The fourth-order valence-electron chi connectivity index (χ4n) is 5.12. The molecule has 1 fully saturated rings. The summed E-state index contributed by atoms with van der Waals surface area (Å²) in [5.74, 6) is -0.220. The summed E-state index contributed by atoms with van der Waals surface area (Å²) in [5, 5.41) is 3.08. The van der Waals surface area contributed by atoms with Crippen molar-refractivity contribution in [1.29, 1.82) is 0 Å². The number of benzene rings is 3. The van der Waals surface area contributed by atoms with Gasteiger partial charge in [0.2, 0.25) is 5.91 Å². The zero-order chi connectivity index (χ0) is 25.1. The first-order valence-corrected chi connectivity index (χ1v) is 12.7. The van der Waals surface area contributed by atoms with Gasteiger partial charge >= 0.3 is 0 Å². The van der Waals surface area contributed by atoms with Gasteiger partial charge in [-0.25, -0.2) is 0 Å². The zero-order valence-corrected chi connectivity index (χ0v) is 20.5. The van der Waals surface area contributed by atoms with Crippen molar-refractivity contribution >= 4 is 23.4 Å². The smallest absolute Gasteiger partial charge is 0.256 e. The summed E-state index contributed by atoms with van der Waals surface area (Å²) < 4.78 is 0. The second kappa shape index (κ2) is 10.4. The van der Waals surface area contributed by atoms with E-state index in [-0.39, 0.29) is 23.8 Å². The second-order valence-electron chi connectivity index (χ2n) is 9.69. The van der Waals surface area contributed by atoms with E-state index in [4.69, 9.17) is 0 Å². The van der Waals surface area contributed by atoms with Crippen LogP contribution in [-0.2, 0) is 17.8 Å². The molecule has 0 radical (unpaired) electrons. The number of para-hydroxylation sites is 1. The van der Waals surface area contributed by atoms with Gasteiger partial charge in [0.25, 0.3) is 11.8 Å². The van der Waals surface area contributed by atoms with Gasteiger partial charge in [0.05, 0.1) is 17.8 Å². The number of nitrogens with zero attached hydrogens (tertiary/aromatic N) is 2. The van der Waals surface area contributed by atoms with Crippen molar-refractivity contribution in [2.75, 3.05) is 11.4 Å². The first kappa shape index (κ1) is 23.8. The normalized spacial score (nSPS) is 17.9. The Kier molecular flexibility index (Phi) is 6.85. The molecule has 0 saturated carbocycles. The average molecular weight is 482 g/mol. The predicted molar refractivity (Wildman–Crippen MR) is 140 cm³/mol. The Morgan fingerprint density at radius 3 is 2.44 bits per heavy atom.